The van der Waals surface area contributed by atoms with E-state index in [0.29, 0.717) is 6.07 Å². The summed E-state index contributed by atoms with van der Waals surface area (Å²) in [5.74, 6) is -4.59. The molecule has 6 nitrogen and oxygen atoms in total. The summed E-state index contributed by atoms with van der Waals surface area (Å²) in [4.78, 5) is 30.6. The number of nitrogens with zero attached hydrogens (tertiary/aromatic N) is 1. The normalized spacial score (nSPS) is 12.6. The zero-order valence-electron chi connectivity index (χ0n) is 15.0. The van der Waals surface area contributed by atoms with Crippen molar-refractivity contribution in [3.05, 3.63) is 58.5 Å². The third-order valence-corrected chi connectivity index (χ3v) is 4.45. The topological polar surface area (TPSA) is 86.9 Å². The van der Waals surface area contributed by atoms with Gasteiger partial charge in [0.05, 0.1) is 33.5 Å². The number of H-pyrrole nitrogens is 1. The van der Waals surface area contributed by atoms with Crippen molar-refractivity contribution in [3.8, 4) is 0 Å². The second-order valence-corrected chi connectivity index (χ2v) is 6.66. The molecule has 1 atom stereocenters. The molecule has 0 aliphatic heterocycles. The maximum atomic E-state index is 13.4. The molecule has 3 aromatic rings. The standard InChI is InChI=1S/C18H12ClF5N4O2/c1-7(13-3-9(18(22,23)24)10(19)5-25-13)27-16(29)17(30)28-15-6-26-14-4-12(21)11(20)2-8(14)15/h2-7,26H,1H3,(H,27,29)(H,28,30)/t7-/m1/s1. The van der Waals surface area contributed by atoms with Crippen LogP contribution in [0.15, 0.2) is 30.6 Å². The molecule has 0 radical (unpaired) electrons. The molecule has 12 heteroatoms. The average Bonchev–Trinajstić information content (AvgIpc) is 3.02. The van der Waals surface area contributed by atoms with E-state index in [-0.39, 0.29) is 22.3 Å². The van der Waals surface area contributed by atoms with E-state index < -0.39 is 46.3 Å². The smallest absolute Gasteiger partial charge is 0.359 e. The van der Waals surface area contributed by atoms with Crippen molar-refractivity contribution in [2.75, 3.05) is 5.32 Å². The Morgan fingerprint density at radius 3 is 2.47 bits per heavy atom. The van der Waals surface area contributed by atoms with Gasteiger partial charge in [-0.15, -0.1) is 0 Å². The number of nitrogens with one attached hydrogen (secondary N) is 3. The fourth-order valence-corrected chi connectivity index (χ4v) is 2.85. The number of carbonyl (C=O) groups is 2. The Bertz CT molecular complexity index is 1150. The fraction of sp³-hybridized carbons (Fsp3) is 0.167. The van der Waals surface area contributed by atoms with Gasteiger partial charge in [-0.25, -0.2) is 8.78 Å². The fourth-order valence-electron chi connectivity index (χ4n) is 2.64. The highest BCUT2D eigenvalue weighted by molar-refractivity contribution is 6.40. The highest BCUT2D eigenvalue weighted by Gasteiger charge is 2.34. The van der Waals surface area contributed by atoms with Crippen molar-refractivity contribution in [1.82, 2.24) is 15.3 Å². The molecule has 0 saturated heterocycles. The Morgan fingerprint density at radius 1 is 1.13 bits per heavy atom. The predicted molar refractivity (Wildman–Crippen MR) is 97.7 cm³/mol. The van der Waals surface area contributed by atoms with Gasteiger partial charge in [-0.2, -0.15) is 13.2 Å². The zero-order valence-corrected chi connectivity index (χ0v) is 15.8. The lowest BCUT2D eigenvalue weighted by atomic mass is 10.1. The Morgan fingerprint density at radius 2 is 1.80 bits per heavy atom. The molecule has 0 unspecified atom stereocenters. The van der Waals surface area contributed by atoms with E-state index in [1.807, 2.05) is 0 Å². The van der Waals surface area contributed by atoms with Gasteiger partial charge in [-0.05, 0) is 19.1 Å². The molecular formula is C18H12ClF5N4O2. The summed E-state index contributed by atoms with van der Waals surface area (Å²) in [5.41, 5.74) is -1.10. The van der Waals surface area contributed by atoms with E-state index in [1.54, 1.807) is 0 Å². The number of hydrogen-bond donors (Lipinski definition) is 3. The first-order chi connectivity index (χ1) is 14.0. The number of benzene rings is 1. The van der Waals surface area contributed by atoms with E-state index in [2.05, 4.69) is 20.6 Å². The van der Waals surface area contributed by atoms with E-state index in [9.17, 15) is 31.5 Å². The van der Waals surface area contributed by atoms with Crippen LogP contribution in [0.2, 0.25) is 5.02 Å². The lowest BCUT2D eigenvalue weighted by molar-refractivity contribution is -0.137. The lowest BCUT2D eigenvalue weighted by Crippen LogP contribution is -2.37. The van der Waals surface area contributed by atoms with Gasteiger partial charge in [0.1, 0.15) is 0 Å². The Balaban J connectivity index is 1.73. The first kappa shape index (κ1) is 21.5. The molecular weight excluding hydrogens is 435 g/mol. The molecule has 2 aromatic heterocycles. The number of aromatic nitrogens is 2. The SMILES string of the molecule is C[C@@H](NC(=O)C(=O)Nc1c[nH]c2cc(F)c(F)cc12)c1cc(C(F)(F)F)c(Cl)cn1. The van der Waals surface area contributed by atoms with Crippen LogP contribution >= 0.6 is 11.6 Å². The molecule has 0 fully saturated rings. The summed E-state index contributed by atoms with van der Waals surface area (Å²) in [6, 6.07) is 1.33. The van der Waals surface area contributed by atoms with Crippen LogP contribution in [0.3, 0.4) is 0 Å². The minimum Gasteiger partial charge on any atom is -0.359 e. The van der Waals surface area contributed by atoms with Gasteiger partial charge in [-0.3, -0.25) is 14.6 Å². The maximum absolute atomic E-state index is 13.4. The summed E-state index contributed by atoms with van der Waals surface area (Å²) in [6.07, 6.45) is -2.70. The first-order valence-corrected chi connectivity index (χ1v) is 8.65. The van der Waals surface area contributed by atoms with E-state index in [1.165, 1.54) is 13.1 Å². The second kappa shape index (κ2) is 7.90. The minimum absolute atomic E-state index is 0.0145. The van der Waals surface area contributed by atoms with Crippen LogP contribution in [0.5, 0.6) is 0 Å². The summed E-state index contributed by atoms with van der Waals surface area (Å²) < 4.78 is 65.6. The quantitative estimate of drug-likeness (QED) is 0.413. The molecule has 1 aromatic carbocycles. The van der Waals surface area contributed by atoms with Gasteiger partial charge >= 0.3 is 18.0 Å². The third kappa shape index (κ3) is 4.35. The molecule has 2 heterocycles. The van der Waals surface area contributed by atoms with Crippen LogP contribution in [0.25, 0.3) is 10.9 Å². The molecule has 3 rings (SSSR count). The highest BCUT2D eigenvalue weighted by Crippen LogP contribution is 2.35. The maximum Gasteiger partial charge on any atom is 0.417 e. The minimum atomic E-state index is -4.72. The number of hydrogen-bond acceptors (Lipinski definition) is 3. The molecule has 3 N–H and O–H groups in total. The van der Waals surface area contributed by atoms with Crippen LogP contribution in [0, 0.1) is 11.6 Å². The van der Waals surface area contributed by atoms with Crippen molar-refractivity contribution in [2.45, 2.75) is 19.1 Å². The zero-order chi connectivity index (χ0) is 22.2. The molecule has 0 saturated carbocycles. The van der Waals surface area contributed by atoms with Gasteiger partial charge in [0.2, 0.25) is 0 Å². The van der Waals surface area contributed by atoms with Crippen LogP contribution in [-0.4, -0.2) is 21.8 Å². The lowest BCUT2D eigenvalue weighted by Gasteiger charge is -2.16. The highest BCUT2D eigenvalue weighted by atomic mass is 35.5. The molecule has 2 amide bonds. The summed E-state index contributed by atoms with van der Waals surface area (Å²) in [6.45, 7) is 1.32. The molecule has 0 spiro atoms. The monoisotopic (exact) mass is 446 g/mol. The number of halogens is 6. The second-order valence-electron chi connectivity index (χ2n) is 6.25. The number of carbonyl (C=O) groups excluding carboxylic acids is 2. The molecule has 0 aliphatic rings. The number of aromatic amines is 1. The molecule has 0 bridgehead atoms. The summed E-state index contributed by atoms with van der Waals surface area (Å²) in [7, 11) is 0. The van der Waals surface area contributed by atoms with E-state index in [0.717, 1.165) is 18.3 Å². The van der Waals surface area contributed by atoms with Gasteiger partial charge in [0.25, 0.3) is 0 Å². The van der Waals surface area contributed by atoms with Crippen LogP contribution in [-0.2, 0) is 15.8 Å². The van der Waals surface area contributed by atoms with Crippen molar-refractivity contribution >= 4 is 40.0 Å². The Labute approximate surface area is 170 Å². The summed E-state index contributed by atoms with van der Waals surface area (Å²) >= 11 is 5.50. The number of pyridine rings is 1. The Kier molecular flexibility index (Phi) is 5.66. The van der Waals surface area contributed by atoms with Crippen LogP contribution in [0.1, 0.15) is 24.2 Å². The molecule has 0 aliphatic carbocycles. The average molecular weight is 447 g/mol. The van der Waals surface area contributed by atoms with Crippen molar-refractivity contribution in [2.24, 2.45) is 0 Å². The number of anilines is 1. The van der Waals surface area contributed by atoms with Crippen LogP contribution in [0.4, 0.5) is 27.6 Å². The van der Waals surface area contributed by atoms with Gasteiger partial charge in [-0.1, -0.05) is 11.6 Å². The van der Waals surface area contributed by atoms with Crippen molar-refractivity contribution in [1.29, 1.82) is 0 Å². The van der Waals surface area contributed by atoms with E-state index in [4.69, 9.17) is 11.6 Å². The number of alkyl halides is 3. The largest absolute Gasteiger partial charge is 0.417 e. The number of amides is 2. The predicted octanol–water partition coefficient (Wildman–Crippen LogP) is 4.33. The number of rotatable bonds is 3. The van der Waals surface area contributed by atoms with Gasteiger partial charge < -0.3 is 15.6 Å². The molecule has 158 valence electrons. The van der Waals surface area contributed by atoms with E-state index >= 15 is 0 Å². The number of fused-ring (bicyclic) bond motifs is 1. The summed E-state index contributed by atoms with van der Waals surface area (Å²) in [5, 5.41) is 3.94. The molecule has 30 heavy (non-hydrogen) atoms. The van der Waals surface area contributed by atoms with Gasteiger partial charge in [0.15, 0.2) is 11.6 Å². The first-order valence-electron chi connectivity index (χ1n) is 8.28. The third-order valence-electron chi connectivity index (χ3n) is 4.15. The van der Waals surface area contributed by atoms with Gasteiger partial charge in [0, 0.05) is 23.8 Å². The van der Waals surface area contributed by atoms with Crippen LogP contribution < -0.4 is 10.6 Å². The van der Waals surface area contributed by atoms with Crippen molar-refractivity contribution in [3.63, 3.8) is 0 Å². The Hall–Kier alpha value is -3.21. The van der Waals surface area contributed by atoms with Crippen molar-refractivity contribution < 1.29 is 31.5 Å².